The van der Waals surface area contributed by atoms with Gasteiger partial charge in [-0.25, -0.2) is 4.98 Å². The summed E-state index contributed by atoms with van der Waals surface area (Å²) in [6.45, 7) is 3.16. The molecular weight excluding hydrogens is 374 g/mol. The molecule has 4 heteroatoms. The van der Waals surface area contributed by atoms with Crippen molar-refractivity contribution in [2.24, 2.45) is 0 Å². The van der Waals surface area contributed by atoms with E-state index in [0.717, 1.165) is 17.4 Å². The van der Waals surface area contributed by atoms with Gasteiger partial charge in [0.05, 0.1) is 17.9 Å². The second-order valence-electron chi connectivity index (χ2n) is 6.24. The van der Waals surface area contributed by atoms with Crippen molar-refractivity contribution in [3.63, 3.8) is 0 Å². The largest absolute Gasteiger partial charge is 0.347 e. The maximum Gasteiger partial charge on any atom is 0.0951 e. The van der Waals surface area contributed by atoms with Gasteiger partial charge in [0.15, 0.2) is 0 Å². The maximum atomic E-state index is 4.28. The number of halogens is 1. The monoisotopic (exact) mass is 393 g/mol. The number of nitrogens with zero attached hydrogens (tertiary/aromatic N) is 3. The van der Waals surface area contributed by atoms with Gasteiger partial charge >= 0.3 is 0 Å². The minimum atomic E-state index is 0.215. The Morgan fingerprint density at radius 2 is 1.88 bits per heavy atom. The molecule has 0 N–H and O–H groups in total. The van der Waals surface area contributed by atoms with E-state index in [-0.39, 0.29) is 6.04 Å². The van der Waals surface area contributed by atoms with Crippen LogP contribution in [-0.2, 0) is 13.0 Å². The molecule has 0 saturated heterocycles. The summed E-state index contributed by atoms with van der Waals surface area (Å²) < 4.78 is 5.65. The summed E-state index contributed by atoms with van der Waals surface area (Å²) in [6, 6.07) is 17.6. The summed E-state index contributed by atoms with van der Waals surface area (Å²) >= 11 is 3.52. The molecule has 4 rings (SSSR count). The number of rotatable bonds is 5. The molecule has 2 aromatic heterocycles. The second kappa shape index (κ2) is 6.89. The van der Waals surface area contributed by atoms with Crippen LogP contribution >= 0.6 is 15.9 Å². The first-order chi connectivity index (χ1) is 12.3. The molecule has 0 saturated carbocycles. The van der Waals surface area contributed by atoms with Gasteiger partial charge in [-0.1, -0.05) is 46.3 Å². The van der Waals surface area contributed by atoms with Crippen molar-refractivity contribution in [3.05, 3.63) is 89.0 Å². The minimum absolute atomic E-state index is 0.215. The Kier molecular flexibility index (Phi) is 4.45. The Hall–Kier alpha value is -2.33. The molecule has 4 aromatic rings. The van der Waals surface area contributed by atoms with E-state index < -0.39 is 0 Å². The van der Waals surface area contributed by atoms with Crippen molar-refractivity contribution in [1.29, 1.82) is 0 Å². The summed E-state index contributed by atoms with van der Waals surface area (Å²) in [4.78, 5) is 4.28. The molecule has 2 aromatic carbocycles. The lowest BCUT2D eigenvalue weighted by atomic mass is 9.97. The molecule has 0 aliphatic rings. The molecule has 0 aliphatic carbocycles. The van der Waals surface area contributed by atoms with Gasteiger partial charge < -0.3 is 9.13 Å². The highest BCUT2D eigenvalue weighted by Gasteiger charge is 2.18. The van der Waals surface area contributed by atoms with E-state index in [4.69, 9.17) is 0 Å². The normalized spacial score (nSPS) is 12.6. The number of hydrogen-bond donors (Lipinski definition) is 0. The zero-order valence-electron chi connectivity index (χ0n) is 14.1. The molecule has 3 nitrogen and oxygen atoms in total. The van der Waals surface area contributed by atoms with Gasteiger partial charge in [0, 0.05) is 29.6 Å². The number of aryl methyl sites for hydroxylation is 1. The summed E-state index contributed by atoms with van der Waals surface area (Å²) in [5, 5.41) is 1.29. The van der Waals surface area contributed by atoms with Gasteiger partial charge in [-0.15, -0.1) is 0 Å². The molecule has 2 heterocycles. The lowest BCUT2D eigenvalue weighted by Crippen LogP contribution is -2.13. The van der Waals surface area contributed by atoms with Crippen LogP contribution in [-0.4, -0.2) is 14.1 Å². The van der Waals surface area contributed by atoms with Crippen LogP contribution in [0.1, 0.15) is 24.1 Å². The van der Waals surface area contributed by atoms with E-state index in [1.54, 1.807) is 0 Å². The third-order valence-corrected chi connectivity index (χ3v) is 5.28. The van der Waals surface area contributed by atoms with E-state index in [2.05, 4.69) is 97.9 Å². The zero-order chi connectivity index (χ0) is 17.2. The fourth-order valence-electron chi connectivity index (χ4n) is 3.50. The summed E-state index contributed by atoms with van der Waals surface area (Å²) in [5.41, 5.74) is 3.97. The first-order valence-corrected chi connectivity index (χ1v) is 9.35. The smallest absolute Gasteiger partial charge is 0.0951 e. The van der Waals surface area contributed by atoms with Crippen molar-refractivity contribution in [3.8, 4) is 0 Å². The van der Waals surface area contributed by atoms with Crippen molar-refractivity contribution < 1.29 is 0 Å². The van der Waals surface area contributed by atoms with Crippen molar-refractivity contribution in [1.82, 2.24) is 14.1 Å². The molecule has 0 radical (unpaired) electrons. The number of benzene rings is 2. The molecule has 0 aliphatic heterocycles. The minimum Gasteiger partial charge on any atom is -0.347 e. The summed E-state index contributed by atoms with van der Waals surface area (Å²) in [5.74, 6) is 0. The molecule has 1 atom stereocenters. The van der Waals surface area contributed by atoms with Crippen molar-refractivity contribution in [2.75, 3.05) is 0 Å². The molecule has 0 bridgehead atoms. The second-order valence-corrected chi connectivity index (χ2v) is 7.16. The maximum absolute atomic E-state index is 4.28. The predicted molar refractivity (Wildman–Crippen MR) is 106 cm³/mol. The summed E-state index contributed by atoms with van der Waals surface area (Å²) in [7, 11) is 0. The van der Waals surface area contributed by atoms with Gasteiger partial charge in [-0.2, -0.15) is 0 Å². The highest BCUT2D eigenvalue weighted by molar-refractivity contribution is 9.10. The van der Waals surface area contributed by atoms with Crippen LogP contribution in [0.4, 0.5) is 0 Å². The lowest BCUT2D eigenvalue weighted by molar-refractivity contribution is 0.581. The predicted octanol–water partition coefficient (Wildman–Crippen LogP) is 5.45. The average Bonchev–Trinajstić information content (AvgIpc) is 3.30. The Bertz CT molecular complexity index is 968. The Labute approximate surface area is 156 Å². The van der Waals surface area contributed by atoms with Gasteiger partial charge in [0.1, 0.15) is 0 Å². The average molecular weight is 394 g/mol. The van der Waals surface area contributed by atoms with E-state index in [9.17, 15) is 0 Å². The number of aromatic nitrogens is 3. The SMILES string of the molecule is CCn1ccc2cccc(C(Cc3ccc(Br)cc3)n3ccnc3)c21. The first-order valence-electron chi connectivity index (χ1n) is 8.56. The highest BCUT2D eigenvalue weighted by atomic mass is 79.9. The van der Waals surface area contributed by atoms with Crippen LogP contribution in [0.15, 0.2) is 77.9 Å². The van der Waals surface area contributed by atoms with Crippen LogP contribution in [0.25, 0.3) is 10.9 Å². The molecular formula is C21H20BrN3. The Balaban J connectivity index is 1.84. The fourth-order valence-corrected chi connectivity index (χ4v) is 3.76. The number of hydrogen-bond acceptors (Lipinski definition) is 1. The summed E-state index contributed by atoms with van der Waals surface area (Å²) in [6.07, 6.45) is 8.94. The van der Waals surface area contributed by atoms with Crippen LogP contribution < -0.4 is 0 Å². The van der Waals surface area contributed by atoms with Gasteiger partial charge in [0.2, 0.25) is 0 Å². The molecule has 0 amide bonds. The third-order valence-electron chi connectivity index (χ3n) is 4.75. The molecule has 126 valence electrons. The molecule has 0 spiro atoms. The Morgan fingerprint density at radius 1 is 1.04 bits per heavy atom. The third kappa shape index (κ3) is 3.14. The zero-order valence-corrected chi connectivity index (χ0v) is 15.7. The highest BCUT2D eigenvalue weighted by Crippen LogP contribution is 2.30. The van der Waals surface area contributed by atoms with Crippen LogP contribution in [0.5, 0.6) is 0 Å². The standard InChI is InChI=1S/C21H20BrN3/c1-2-24-12-10-17-4-3-5-19(21(17)24)20(25-13-11-23-15-25)14-16-6-8-18(22)9-7-16/h3-13,15,20H,2,14H2,1H3. The first kappa shape index (κ1) is 16.2. The van der Waals surface area contributed by atoms with E-state index in [1.807, 2.05) is 12.5 Å². The van der Waals surface area contributed by atoms with Crippen LogP contribution in [0.2, 0.25) is 0 Å². The van der Waals surface area contributed by atoms with Gasteiger partial charge in [-0.3, -0.25) is 0 Å². The van der Waals surface area contributed by atoms with Gasteiger partial charge in [-0.05, 0) is 48.1 Å². The van der Waals surface area contributed by atoms with Crippen molar-refractivity contribution in [2.45, 2.75) is 25.9 Å². The molecule has 1 unspecified atom stereocenters. The quantitative estimate of drug-likeness (QED) is 0.441. The van der Waals surface area contributed by atoms with Crippen LogP contribution in [0.3, 0.4) is 0 Å². The van der Waals surface area contributed by atoms with Crippen LogP contribution in [0, 0.1) is 0 Å². The number of para-hydroxylation sites is 1. The topological polar surface area (TPSA) is 22.8 Å². The van der Waals surface area contributed by atoms with E-state index in [0.29, 0.717) is 0 Å². The van der Waals surface area contributed by atoms with E-state index in [1.165, 1.54) is 22.0 Å². The van der Waals surface area contributed by atoms with Gasteiger partial charge in [0.25, 0.3) is 0 Å². The number of imidazole rings is 1. The Morgan fingerprint density at radius 3 is 2.60 bits per heavy atom. The number of fused-ring (bicyclic) bond motifs is 1. The fraction of sp³-hybridized carbons (Fsp3) is 0.190. The molecule has 25 heavy (non-hydrogen) atoms. The van der Waals surface area contributed by atoms with Crippen molar-refractivity contribution >= 4 is 26.8 Å². The lowest BCUT2D eigenvalue weighted by Gasteiger charge is -2.21. The molecule has 0 fully saturated rings. The van der Waals surface area contributed by atoms with E-state index >= 15 is 0 Å².